The summed E-state index contributed by atoms with van der Waals surface area (Å²) in [6.45, 7) is 4.30. The van der Waals surface area contributed by atoms with Crippen molar-refractivity contribution in [1.29, 1.82) is 0 Å². The summed E-state index contributed by atoms with van der Waals surface area (Å²) in [6, 6.07) is 9.98. The molecule has 1 aliphatic carbocycles. The fourth-order valence-electron chi connectivity index (χ4n) is 3.53. The van der Waals surface area contributed by atoms with Gasteiger partial charge in [0.2, 0.25) is 0 Å². The van der Waals surface area contributed by atoms with Crippen molar-refractivity contribution in [2.24, 2.45) is 0 Å². The summed E-state index contributed by atoms with van der Waals surface area (Å²) < 4.78 is 0. The van der Waals surface area contributed by atoms with Gasteiger partial charge in [-0.3, -0.25) is 14.6 Å². The lowest BCUT2D eigenvalue weighted by molar-refractivity contribution is -0.113. The molecule has 0 fully saturated rings. The van der Waals surface area contributed by atoms with E-state index in [1.807, 2.05) is 24.4 Å². The first-order chi connectivity index (χ1) is 14.0. The van der Waals surface area contributed by atoms with Crippen LogP contribution in [0, 0.1) is 6.92 Å². The molecule has 0 radical (unpaired) electrons. The van der Waals surface area contributed by atoms with Gasteiger partial charge in [-0.25, -0.2) is 0 Å². The molecule has 2 heterocycles. The molecule has 3 aromatic rings. The maximum Gasteiger partial charge on any atom is 0.168 e. The summed E-state index contributed by atoms with van der Waals surface area (Å²) in [5.74, 6) is 0.198. The second-order valence-corrected chi connectivity index (χ2v) is 7.48. The minimum Gasteiger partial charge on any atom is -0.380 e. The number of carbonyl (C=O) groups excluding carboxylic acids is 2. The van der Waals surface area contributed by atoms with Crippen molar-refractivity contribution in [3.05, 3.63) is 88.0 Å². The van der Waals surface area contributed by atoms with E-state index in [1.165, 1.54) is 5.56 Å². The van der Waals surface area contributed by atoms with Crippen LogP contribution in [0.4, 0.5) is 5.69 Å². The van der Waals surface area contributed by atoms with E-state index in [-0.39, 0.29) is 11.6 Å². The zero-order chi connectivity index (χ0) is 20.4. The van der Waals surface area contributed by atoms with E-state index in [9.17, 15) is 9.59 Å². The Morgan fingerprint density at radius 2 is 2.07 bits per heavy atom. The maximum absolute atomic E-state index is 12.4. The van der Waals surface area contributed by atoms with E-state index in [0.717, 1.165) is 33.6 Å². The van der Waals surface area contributed by atoms with Crippen LogP contribution in [0.3, 0.4) is 0 Å². The Balaban J connectivity index is 1.46. The van der Waals surface area contributed by atoms with E-state index in [4.69, 9.17) is 0 Å². The number of anilines is 1. The molecule has 1 aliphatic rings. The number of Topliss-reactive ketones (excluding diaryl/α,β-unsaturated/α-hetero) is 2. The third kappa shape index (κ3) is 4.19. The van der Waals surface area contributed by atoms with Crippen molar-refractivity contribution in [1.82, 2.24) is 9.97 Å². The normalized spacial score (nSPS) is 12.4. The SMILES string of the molecule is CC(=O)C1=Cc2cc(NCc3cc(CC(=O)c4cc[nH]c4)ccc3C)cnc2C1. The predicted octanol–water partition coefficient (Wildman–Crippen LogP) is 4.28. The van der Waals surface area contributed by atoms with Crippen molar-refractivity contribution in [2.45, 2.75) is 33.2 Å². The van der Waals surface area contributed by atoms with Crippen LogP contribution in [0.2, 0.25) is 0 Å². The van der Waals surface area contributed by atoms with Gasteiger partial charge in [-0.15, -0.1) is 0 Å². The van der Waals surface area contributed by atoms with Gasteiger partial charge in [0.25, 0.3) is 0 Å². The molecule has 0 saturated carbocycles. The Labute approximate surface area is 169 Å². The van der Waals surface area contributed by atoms with E-state index in [0.29, 0.717) is 24.9 Å². The van der Waals surface area contributed by atoms with Crippen LogP contribution in [0.25, 0.3) is 6.08 Å². The number of hydrogen-bond acceptors (Lipinski definition) is 4. The van der Waals surface area contributed by atoms with Crippen LogP contribution in [0.1, 0.15) is 45.2 Å². The lowest BCUT2D eigenvalue weighted by atomic mass is 10.00. The number of nitrogens with one attached hydrogen (secondary N) is 2. The molecular formula is C24H23N3O2. The molecule has 0 atom stereocenters. The quantitative estimate of drug-likeness (QED) is 0.595. The number of fused-ring (bicyclic) bond motifs is 1. The lowest BCUT2D eigenvalue weighted by Gasteiger charge is -2.12. The summed E-state index contributed by atoms with van der Waals surface area (Å²) in [6.07, 6.45) is 8.22. The minimum absolute atomic E-state index is 0.0964. The van der Waals surface area contributed by atoms with Crippen LogP contribution in [-0.4, -0.2) is 21.5 Å². The van der Waals surface area contributed by atoms with Crippen molar-refractivity contribution in [2.75, 3.05) is 5.32 Å². The molecule has 0 bridgehead atoms. The zero-order valence-electron chi connectivity index (χ0n) is 16.6. The summed E-state index contributed by atoms with van der Waals surface area (Å²) in [7, 11) is 0. The topological polar surface area (TPSA) is 74.8 Å². The smallest absolute Gasteiger partial charge is 0.168 e. The number of pyridine rings is 1. The summed E-state index contributed by atoms with van der Waals surface area (Å²) in [4.78, 5) is 31.4. The van der Waals surface area contributed by atoms with Gasteiger partial charge in [-0.2, -0.15) is 0 Å². The van der Waals surface area contributed by atoms with Crippen LogP contribution >= 0.6 is 0 Å². The highest BCUT2D eigenvalue weighted by Crippen LogP contribution is 2.26. The molecule has 29 heavy (non-hydrogen) atoms. The number of hydrogen-bond donors (Lipinski definition) is 2. The number of aromatic nitrogens is 2. The standard InChI is InChI=1S/C24H23N3O2/c1-15-3-4-17(8-24(29)18-5-6-25-12-18)7-21(15)13-26-22-10-20-9-19(16(2)28)11-23(20)27-14-22/h3-7,9-10,12,14,25-26H,8,11,13H2,1-2H3. The molecule has 4 rings (SSSR count). The number of allylic oxidation sites excluding steroid dienone is 1. The molecule has 146 valence electrons. The van der Waals surface area contributed by atoms with Crippen LogP contribution in [-0.2, 0) is 24.2 Å². The van der Waals surface area contributed by atoms with Gasteiger partial charge >= 0.3 is 0 Å². The molecule has 5 nitrogen and oxygen atoms in total. The number of aromatic amines is 1. The second kappa shape index (κ2) is 7.87. The van der Waals surface area contributed by atoms with Crippen molar-refractivity contribution in [3.8, 4) is 0 Å². The number of H-pyrrole nitrogens is 1. The first-order valence-electron chi connectivity index (χ1n) is 9.68. The van der Waals surface area contributed by atoms with Crippen molar-refractivity contribution >= 4 is 23.3 Å². The van der Waals surface area contributed by atoms with Gasteiger partial charge < -0.3 is 10.3 Å². The Morgan fingerprint density at radius 3 is 2.83 bits per heavy atom. The van der Waals surface area contributed by atoms with Crippen LogP contribution in [0.5, 0.6) is 0 Å². The Morgan fingerprint density at radius 1 is 1.21 bits per heavy atom. The van der Waals surface area contributed by atoms with Crippen LogP contribution in [0.15, 0.2) is 54.5 Å². The van der Waals surface area contributed by atoms with Crippen molar-refractivity contribution in [3.63, 3.8) is 0 Å². The molecule has 0 aliphatic heterocycles. The number of carbonyl (C=O) groups is 2. The molecule has 0 amide bonds. The fourth-order valence-corrected chi connectivity index (χ4v) is 3.53. The average Bonchev–Trinajstić information content (AvgIpc) is 3.38. The first-order valence-corrected chi connectivity index (χ1v) is 9.68. The molecule has 1 aromatic carbocycles. The monoisotopic (exact) mass is 385 g/mol. The number of ketones is 2. The highest BCUT2D eigenvalue weighted by molar-refractivity contribution is 6.00. The van der Waals surface area contributed by atoms with Crippen LogP contribution < -0.4 is 5.32 Å². The van der Waals surface area contributed by atoms with E-state index >= 15 is 0 Å². The number of aryl methyl sites for hydroxylation is 1. The first kappa shape index (κ1) is 18.9. The van der Waals surface area contributed by atoms with Gasteiger partial charge in [0.15, 0.2) is 11.6 Å². The largest absolute Gasteiger partial charge is 0.380 e. The van der Waals surface area contributed by atoms with Gasteiger partial charge in [-0.05, 0) is 54.3 Å². The van der Waals surface area contributed by atoms with Gasteiger partial charge in [0.1, 0.15) is 0 Å². The molecule has 2 aromatic heterocycles. The molecule has 0 spiro atoms. The number of rotatable bonds is 7. The molecular weight excluding hydrogens is 362 g/mol. The third-order valence-corrected chi connectivity index (χ3v) is 5.32. The van der Waals surface area contributed by atoms with Crippen molar-refractivity contribution < 1.29 is 9.59 Å². The lowest BCUT2D eigenvalue weighted by Crippen LogP contribution is -2.06. The Bertz CT molecular complexity index is 1110. The fraction of sp³-hybridized carbons (Fsp3) is 0.208. The number of nitrogens with zero attached hydrogens (tertiary/aromatic N) is 1. The third-order valence-electron chi connectivity index (χ3n) is 5.32. The zero-order valence-corrected chi connectivity index (χ0v) is 16.6. The number of benzene rings is 1. The van der Waals surface area contributed by atoms with E-state index in [2.05, 4.69) is 34.3 Å². The maximum atomic E-state index is 12.4. The van der Waals surface area contributed by atoms with E-state index in [1.54, 1.807) is 25.4 Å². The highest BCUT2D eigenvalue weighted by atomic mass is 16.1. The molecule has 2 N–H and O–H groups in total. The van der Waals surface area contributed by atoms with Gasteiger partial charge in [0.05, 0.1) is 17.6 Å². The summed E-state index contributed by atoms with van der Waals surface area (Å²) >= 11 is 0. The Hall–Kier alpha value is -3.47. The molecule has 0 saturated heterocycles. The Kier molecular flexibility index (Phi) is 5.12. The van der Waals surface area contributed by atoms with Gasteiger partial charge in [-0.1, -0.05) is 18.2 Å². The molecule has 5 heteroatoms. The second-order valence-electron chi connectivity index (χ2n) is 7.48. The average molecular weight is 385 g/mol. The molecule has 0 unspecified atom stereocenters. The van der Waals surface area contributed by atoms with E-state index < -0.39 is 0 Å². The minimum atomic E-state index is 0.0964. The summed E-state index contributed by atoms with van der Waals surface area (Å²) in [5.41, 5.74) is 7.68. The highest BCUT2D eigenvalue weighted by Gasteiger charge is 2.17. The predicted molar refractivity (Wildman–Crippen MR) is 114 cm³/mol. The summed E-state index contributed by atoms with van der Waals surface area (Å²) in [5, 5.41) is 3.42. The van der Waals surface area contributed by atoms with Gasteiger partial charge in [0, 0.05) is 42.9 Å².